The van der Waals surface area contributed by atoms with Gasteiger partial charge >= 0.3 is 0 Å². The highest BCUT2D eigenvalue weighted by molar-refractivity contribution is 7.80. The number of methoxy groups -OCH3 is 2. The van der Waals surface area contributed by atoms with Gasteiger partial charge < -0.3 is 24.3 Å². The van der Waals surface area contributed by atoms with E-state index in [0.29, 0.717) is 49.3 Å². The molecule has 0 spiro atoms. The third kappa shape index (κ3) is 6.03. The average Bonchev–Trinajstić information content (AvgIpc) is 3.07. The van der Waals surface area contributed by atoms with Crippen LogP contribution in [0.25, 0.3) is 6.08 Å². The number of ether oxygens (including phenoxy) is 4. The van der Waals surface area contributed by atoms with E-state index in [4.69, 9.17) is 31.2 Å². The number of thiocarbonyl (C=S) groups is 1. The zero-order valence-electron chi connectivity index (χ0n) is 19.5. The van der Waals surface area contributed by atoms with Gasteiger partial charge in [0.2, 0.25) is 0 Å². The number of carbonyl (C=O) groups excluding carboxylic acids is 1. The Balaban J connectivity index is 1.72. The molecule has 8 heteroatoms. The fourth-order valence-corrected chi connectivity index (χ4v) is 3.87. The highest BCUT2D eigenvalue weighted by Gasteiger charge is 2.30. The number of amides is 1. The number of benzene rings is 2. The normalized spacial score (nSPS) is 14.5. The molecule has 0 radical (unpaired) electrons. The largest absolute Gasteiger partial charge is 0.496 e. The Kier molecular flexibility index (Phi) is 8.68. The first-order chi connectivity index (χ1) is 16.0. The third-order valence-corrected chi connectivity index (χ3v) is 5.43. The topological polar surface area (TPSA) is 69.3 Å². The van der Waals surface area contributed by atoms with Gasteiger partial charge in [0, 0.05) is 19.2 Å². The van der Waals surface area contributed by atoms with Crippen LogP contribution in [0, 0.1) is 0 Å². The van der Waals surface area contributed by atoms with Crippen molar-refractivity contribution in [3.8, 4) is 17.2 Å². The third-order valence-electron chi connectivity index (χ3n) is 5.11. The van der Waals surface area contributed by atoms with Gasteiger partial charge in [-0.3, -0.25) is 9.69 Å². The molecular weight excluding hydrogens is 440 g/mol. The van der Waals surface area contributed by atoms with E-state index in [2.05, 4.69) is 5.32 Å². The maximum atomic E-state index is 13.0. The minimum atomic E-state index is -0.153. The zero-order valence-corrected chi connectivity index (χ0v) is 20.3. The minimum absolute atomic E-state index is 0.153. The van der Waals surface area contributed by atoms with Crippen molar-refractivity contribution >= 4 is 29.3 Å². The van der Waals surface area contributed by atoms with Gasteiger partial charge in [-0.05, 0) is 74.0 Å². The van der Waals surface area contributed by atoms with Gasteiger partial charge in [0.1, 0.15) is 11.4 Å². The second-order valence-corrected chi connectivity index (χ2v) is 7.73. The summed E-state index contributed by atoms with van der Waals surface area (Å²) >= 11 is 5.42. The number of nitrogens with one attached hydrogen (secondary N) is 1. The maximum absolute atomic E-state index is 13.0. The van der Waals surface area contributed by atoms with Crippen molar-refractivity contribution in [1.29, 1.82) is 0 Å². The molecule has 1 amide bonds. The van der Waals surface area contributed by atoms with Gasteiger partial charge in [0.05, 0.1) is 26.9 Å². The van der Waals surface area contributed by atoms with Crippen molar-refractivity contribution in [3.63, 3.8) is 0 Å². The summed E-state index contributed by atoms with van der Waals surface area (Å²) in [6.07, 6.45) is 2.42. The maximum Gasteiger partial charge on any atom is 0.276 e. The first kappa shape index (κ1) is 24.5. The quantitative estimate of drug-likeness (QED) is 0.394. The smallest absolute Gasteiger partial charge is 0.276 e. The lowest BCUT2D eigenvalue weighted by molar-refractivity contribution is -0.122. The van der Waals surface area contributed by atoms with Crippen LogP contribution in [0.5, 0.6) is 17.2 Å². The number of nitrogens with zero attached hydrogens (tertiary/aromatic N) is 1. The van der Waals surface area contributed by atoms with Gasteiger partial charge in [-0.1, -0.05) is 12.1 Å². The Hall–Kier alpha value is -3.10. The van der Waals surface area contributed by atoms with E-state index >= 15 is 0 Å². The average molecular weight is 471 g/mol. The number of hydrogen-bond donors (Lipinski definition) is 1. The van der Waals surface area contributed by atoms with E-state index in [0.717, 1.165) is 28.2 Å². The highest BCUT2D eigenvalue weighted by atomic mass is 32.1. The van der Waals surface area contributed by atoms with E-state index in [9.17, 15) is 4.79 Å². The van der Waals surface area contributed by atoms with Crippen LogP contribution >= 0.6 is 12.2 Å². The van der Waals surface area contributed by atoms with Crippen LogP contribution in [-0.2, 0) is 22.6 Å². The summed E-state index contributed by atoms with van der Waals surface area (Å²) in [7, 11) is 3.25. The molecule has 0 aliphatic carbocycles. The number of carbonyl (C=O) groups is 1. The van der Waals surface area contributed by atoms with Crippen molar-refractivity contribution in [1.82, 2.24) is 10.2 Å². The standard InChI is InChI=1S/C25H30N2O5S/c1-5-31-22-10-7-17(15-23(22)32-6-2)11-12-27-24(28)20(26-25(27)33)14-18-8-9-21(30-4)19(13-18)16-29-3/h7-10,13-15H,5-6,11-12,16H2,1-4H3,(H,26,33)/b20-14+. The van der Waals surface area contributed by atoms with Crippen LogP contribution in [0.2, 0.25) is 0 Å². The van der Waals surface area contributed by atoms with E-state index in [1.165, 1.54) is 0 Å². The Labute approximate surface area is 200 Å². The van der Waals surface area contributed by atoms with Gasteiger partial charge in [0.15, 0.2) is 16.6 Å². The number of rotatable bonds is 11. The van der Waals surface area contributed by atoms with E-state index in [-0.39, 0.29) is 5.91 Å². The Bertz CT molecular complexity index is 1040. The molecule has 0 aromatic heterocycles. The van der Waals surface area contributed by atoms with Gasteiger partial charge in [-0.15, -0.1) is 0 Å². The summed E-state index contributed by atoms with van der Waals surface area (Å²) in [5.41, 5.74) is 3.24. The van der Waals surface area contributed by atoms with Crippen molar-refractivity contribution in [3.05, 3.63) is 58.8 Å². The molecule has 1 heterocycles. The van der Waals surface area contributed by atoms with Crippen molar-refractivity contribution in [2.75, 3.05) is 34.0 Å². The molecule has 0 saturated carbocycles. The predicted octanol–water partition coefficient (Wildman–Crippen LogP) is 3.94. The number of hydrogen-bond acceptors (Lipinski definition) is 6. The van der Waals surface area contributed by atoms with Crippen LogP contribution in [0.15, 0.2) is 42.1 Å². The molecule has 1 fully saturated rings. The lowest BCUT2D eigenvalue weighted by Crippen LogP contribution is -2.32. The lowest BCUT2D eigenvalue weighted by Gasteiger charge is -2.16. The van der Waals surface area contributed by atoms with Crippen LogP contribution in [0.4, 0.5) is 0 Å². The molecule has 0 bridgehead atoms. The van der Waals surface area contributed by atoms with Crippen molar-refractivity contribution < 1.29 is 23.7 Å². The molecule has 33 heavy (non-hydrogen) atoms. The second-order valence-electron chi connectivity index (χ2n) is 7.35. The molecular formula is C25H30N2O5S. The van der Waals surface area contributed by atoms with Crippen molar-refractivity contribution in [2.24, 2.45) is 0 Å². The summed E-state index contributed by atoms with van der Waals surface area (Å²) in [6, 6.07) is 11.5. The first-order valence-electron chi connectivity index (χ1n) is 10.9. The van der Waals surface area contributed by atoms with E-state index in [1.54, 1.807) is 25.2 Å². The zero-order chi connectivity index (χ0) is 23.8. The van der Waals surface area contributed by atoms with E-state index in [1.807, 2.05) is 50.2 Å². The fraction of sp³-hybridized carbons (Fsp3) is 0.360. The Morgan fingerprint density at radius 2 is 1.73 bits per heavy atom. The summed E-state index contributed by atoms with van der Waals surface area (Å²) in [5.74, 6) is 2.01. The summed E-state index contributed by atoms with van der Waals surface area (Å²) < 4.78 is 21.9. The minimum Gasteiger partial charge on any atom is -0.496 e. The highest BCUT2D eigenvalue weighted by Crippen LogP contribution is 2.29. The molecule has 176 valence electrons. The molecule has 1 saturated heterocycles. The van der Waals surface area contributed by atoms with Gasteiger partial charge in [-0.25, -0.2) is 0 Å². The van der Waals surface area contributed by atoms with Gasteiger partial charge in [-0.2, -0.15) is 0 Å². The molecule has 3 rings (SSSR count). The molecule has 0 unspecified atom stereocenters. The second kappa shape index (κ2) is 11.7. The molecule has 1 aliphatic heterocycles. The summed E-state index contributed by atoms with van der Waals surface area (Å²) in [5, 5.41) is 3.43. The Morgan fingerprint density at radius 1 is 1.00 bits per heavy atom. The molecule has 2 aromatic rings. The first-order valence-corrected chi connectivity index (χ1v) is 11.3. The predicted molar refractivity (Wildman–Crippen MR) is 132 cm³/mol. The van der Waals surface area contributed by atoms with Crippen LogP contribution in [0.3, 0.4) is 0 Å². The molecule has 0 atom stereocenters. The Morgan fingerprint density at radius 3 is 2.42 bits per heavy atom. The SMILES string of the molecule is CCOc1ccc(CCN2C(=O)/C(=C\c3ccc(OC)c(COC)c3)NC2=S)cc1OCC. The molecule has 7 nitrogen and oxygen atoms in total. The fourth-order valence-electron chi connectivity index (χ4n) is 3.59. The van der Waals surface area contributed by atoms with Gasteiger partial charge in [0.25, 0.3) is 5.91 Å². The monoisotopic (exact) mass is 470 g/mol. The van der Waals surface area contributed by atoms with Crippen molar-refractivity contribution in [2.45, 2.75) is 26.9 Å². The molecule has 1 aliphatic rings. The van der Waals surface area contributed by atoms with Crippen LogP contribution < -0.4 is 19.5 Å². The molecule has 2 aromatic carbocycles. The summed E-state index contributed by atoms with van der Waals surface area (Å²) in [4.78, 5) is 14.6. The summed E-state index contributed by atoms with van der Waals surface area (Å²) in [6.45, 7) is 5.86. The molecule has 1 N–H and O–H groups in total. The lowest BCUT2D eigenvalue weighted by atomic mass is 10.1. The van der Waals surface area contributed by atoms with E-state index < -0.39 is 0 Å². The van der Waals surface area contributed by atoms with Crippen LogP contribution in [0.1, 0.15) is 30.5 Å². The van der Waals surface area contributed by atoms with Crippen LogP contribution in [-0.4, -0.2) is 49.9 Å².